The lowest BCUT2D eigenvalue weighted by Gasteiger charge is -2.13. The number of halogens is 1. The highest BCUT2D eigenvalue weighted by molar-refractivity contribution is 9.10. The highest BCUT2D eigenvalue weighted by Crippen LogP contribution is 2.20. The van der Waals surface area contributed by atoms with E-state index in [1.807, 2.05) is 13.0 Å². The first-order valence-electron chi connectivity index (χ1n) is 7.05. The van der Waals surface area contributed by atoms with E-state index in [4.69, 9.17) is 4.74 Å². The van der Waals surface area contributed by atoms with E-state index in [1.54, 1.807) is 12.1 Å². The molecule has 1 aliphatic rings. The van der Waals surface area contributed by atoms with E-state index in [2.05, 4.69) is 21.2 Å². The molecule has 0 atom stereocenters. The third kappa shape index (κ3) is 4.31. The monoisotopic (exact) mass is 397 g/mol. The number of ether oxygens (including phenoxy) is 1. The van der Waals surface area contributed by atoms with Gasteiger partial charge >= 0.3 is 12.0 Å². The van der Waals surface area contributed by atoms with Crippen molar-refractivity contribution in [3.8, 4) is 0 Å². The number of aryl methyl sites for hydroxylation is 1. The van der Waals surface area contributed by atoms with Crippen molar-refractivity contribution in [1.29, 1.82) is 0 Å². The van der Waals surface area contributed by atoms with Crippen LogP contribution in [-0.2, 0) is 19.1 Å². The van der Waals surface area contributed by atoms with Crippen LogP contribution in [0.15, 0.2) is 22.7 Å². The second-order valence-electron chi connectivity index (χ2n) is 5.29. The summed E-state index contributed by atoms with van der Waals surface area (Å²) in [5.74, 6) is -1.82. The van der Waals surface area contributed by atoms with Gasteiger partial charge in [0, 0.05) is 17.2 Å². The molecule has 1 saturated heterocycles. The molecule has 2 rings (SSSR count). The molecular formula is C15H16BrN3O5. The van der Waals surface area contributed by atoms with Crippen LogP contribution in [0.4, 0.5) is 10.5 Å². The van der Waals surface area contributed by atoms with E-state index in [0.29, 0.717) is 5.69 Å². The van der Waals surface area contributed by atoms with Crippen LogP contribution in [0, 0.1) is 6.92 Å². The van der Waals surface area contributed by atoms with E-state index in [-0.39, 0.29) is 6.54 Å². The first kappa shape index (κ1) is 17.9. The van der Waals surface area contributed by atoms with Crippen LogP contribution >= 0.6 is 15.9 Å². The minimum atomic E-state index is -0.827. The number of esters is 1. The van der Waals surface area contributed by atoms with E-state index in [0.717, 1.165) is 14.9 Å². The molecule has 1 heterocycles. The summed E-state index contributed by atoms with van der Waals surface area (Å²) in [6.07, 6.45) is 0. The molecule has 0 aliphatic carbocycles. The molecule has 9 heteroatoms. The summed E-state index contributed by atoms with van der Waals surface area (Å²) in [5, 5.41) is 2.58. The standard InChI is InChI=1S/C15H16BrN3O5/c1-9-3-4-10(5-11(9)16)17-12(20)8-24-14(22)7-19-13(21)6-18(2)15(19)23/h3-5H,6-8H2,1-2H3,(H,17,20). The molecule has 24 heavy (non-hydrogen) atoms. The second kappa shape index (κ2) is 7.43. The predicted octanol–water partition coefficient (Wildman–Crippen LogP) is 1.13. The van der Waals surface area contributed by atoms with Gasteiger partial charge in [0.25, 0.3) is 11.8 Å². The molecule has 1 aromatic rings. The molecule has 1 N–H and O–H groups in total. The molecule has 1 aromatic carbocycles. The number of urea groups is 1. The summed E-state index contributed by atoms with van der Waals surface area (Å²) in [5.41, 5.74) is 1.57. The summed E-state index contributed by atoms with van der Waals surface area (Å²) >= 11 is 3.35. The van der Waals surface area contributed by atoms with Gasteiger partial charge in [-0.1, -0.05) is 22.0 Å². The number of likely N-dealkylation sites (N-methyl/N-ethyl adjacent to an activating group) is 1. The number of benzene rings is 1. The van der Waals surface area contributed by atoms with E-state index < -0.39 is 37.0 Å². The lowest BCUT2D eigenvalue weighted by Crippen LogP contribution is -2.37. The Bertz CT molecular complexity index is 706. The Labute approximate surface area is 146 Å². The van der Waals surface area contributed by atoms with Gasteiger partial charge in [-0.25, -0.2) is 4.79 Å². The Balaban J connectivity index is 1.81. The van der Waals surface area contributed by atoms with Crippen molar-refractivity contribution >= 4 is 45.4 Å². The van der Waals surface area contributed by atoms with Crippen molar-refractivity contribution in [2.45, 2.75) is 6.92 Å². The van der Waals surface area contributed by atoms with Gasteiger partial charge in [-0.15, -0.1) is 0 Å². The molecule has 0 bridgehead atoms. The quantitative estimate of drug-likeness (QED) is 0.593. The average Bonchev–Trinajstić information content (AvgIpc) is 2.75. The fraction of sp³-hybridized carbons (Fsp3) is 0.333. The lowest BCUT2D eigenvalue weighted by molar-refractivity contribution is -0.149. The SMILES string of the molecule is Cc1ccc(NC(=O)COC(=O)CN2C(=O)CN(C)C2=O)cc1Br. The number of carbonyl (C=O) groups is 4. The van der Waals surface area contributed by atoms with E-state index >= 15 is 0 Å². The minimum absolute atomic E-state index is 0.0745. The highest BCUT2D eigenvalue weighted by Gasteiger charge is 2.35. The second-order valence-corrected chi connectivity index (χ2v) is 6.15. The fourth-order valence-corrected chi connectivity index (χ4v) is 2.39. The molecule has 0 spiro atoms. The molecule has 0 unspecified atom stereocenters. The zero-order valence-corrected chi connectivity index (χ0v) is 14.8. The van der Waals surface area contributed by atoms with Gasteiger partial charge in [-0.2, -0.15) is 0 Å². The van der Waals surface area contributed by atoms with Crippen LogP contribution < -0.4 is 5.32 Å². The summed E-state index contributed by atoms with van der Waals surface area (Å²) < 4.78 is 5.64. The largest absolute Gasteiger partial charge is 0.454 e. The number of hydrogen-bond donors (Lipinski definition) is 1. The molecular weight excluding hydrogens is 382 g/mol. The molecule has 1 fully saturated rings. The Kier molecular flexibility index (Phi) is 5.55. The molecule has 1 aliphatic heterocycles. The normalized spacial score (nSPS) is 14.1. The topological polar surface area (TPSA) is 96.0 Å². The van der Waals surface area contributed by atoms with Gasteiger partial charge in [0.05, 0.1) is 0 Å². The molecule has 0 aromatic heterocycles. The summed E-state index contributed by atoms with van der Waals surface area (Å²) in [4.78, 5) is 48.6. The van der Waals surface area contributed by atoms with Gasteiger partial charge in [0.15, 0.2) is 6.61 Å². The van der Waals surface area contributed by atoms with Crippen molar-refractivity contribution in [2.75, 3.05) is 32.1 Å². The number of imide groups is 1. The summed E-state index contributed by atoms with van der Waals surface area (Å²) in [6.45, 7) is 0.826. The number of amides is 4. The van der Waals surface area contributed by atoms with Crippen LogP contribution in [0.2, 0.25) is 0 Å². The summed E-state index contributed by atoms with van der Waals surface area (Å²) in [6, 6.07) is 4.71. The molecule has 128 valence electrons. The zero-order chi connectivity index (χ0) is 17.9. The third-order valence-electron chi connectivity index (χ3n) is 3.34. The minimum Gasteiger partial charge on any atom is -0.454 e. The Hall–Kier alpha value is -2.42. The lowest BCUT2D eigenvalue weighted by atomic mass is 10.2. The maximum absolute atomic E-state index is 11.8. The van der Waals surface area contributed by atoms with Gasteiger partial charge < -0.3 is 15.0 Å². The third-order valence-corrected chi connectivity index (χ3v) is 4.19. The Morgan fingerprint density at radius 3 is 2.62 bits per heavy atom. The van der Waals surface area contributed by atoms with Crippen molar-refractivity contribution < 1.29 is 23.9 Å². The number of carbonyl (C=O) groups excluding carboxylic acids is 4. The van der Waals surface area contributed by atoms with Gasteiger partial charge in [0.1, 0.15) is 13.1 Å². The average molecular weight is 398 g/mol. The predicted molar refractivity (Wildman–Crippen MR) is 88.2 cm³/mol. The van der Waals surface area contributed by atoms with Gasteiger partial charge in [0.2, 0.25) is 0 Å². The van der Waals surface area contributed by atoms with Crippen molar-refractivity contribution in [2.24, 2.45) is 0 Å². The first-order chi connectivity index (χ1) is 11.3. The maximum Gasteiger partial charge on any atom is 0.327 e. The number of rotatable bonds is 5. The Morgan fingerprint density at radius 1 is 1.33 bits per heavy atom. The highest BCUT2D eigenvalue weighted by atomic mass is 79.9. The van der Waals surface area contributed by atoms with E-state index in [1.165, 1.54) is 11.9 Å². The maximum atomic E-state index is 11.8. The molecule has 0 saturated carbocycles. The first-order valence-corrected chi connectivity index (χ1v) is 7.84. The van der Waals surface area contributed by atoms with Crippen molar-refractivity contribution in [3.05, 3.63) is 28.2 Å². The smallest absolute Gasteiger partial charge is 0.327 e. The number of nitrogens with zero attached hydrogens (tertiary/aromatic N) is 2. The molecule has 4 amide bonds. The number of hydrogen-bond acceptors (Lipinski definition) is 5. The van der Waals surface area contributed by atoms with E-state index in [9.17, 15) is 19.2 Å². The number of nitrogens with one attached hydrogen (secondary N) is 1. The van der Waals surface area contributed by atoms with Crippen LogP contribution in [0.25, 0.3) is 0 Å². The van der Waals surface area contributed by atoms with Crippen LogP contribution in [0.3, 0.4) is 0 Å². The van der Waals surface area contributed by atoms with Gasteiger partial charge in [-0.3, -0.25) is 19.3 Å². The number of anilines is 1. The molecule has 8 nitrogen and oxygen atoms in total. The molecule has 0 radical (unpaired) electrons. The van der Waals surface area contributed by atoms with Crippen molar-refractivity contribution in [3.63, 3.8) is 0 Å². The summed E-state index contributed by atoms with van der Waals surface area (Å²) in [7, 11) is 1.46. The zero-order valence-electron chi connectivity index (χ0n) is 13.2. The van der Waals surface area contributed by atoms with Crippen LogP contribution in [-0.4, -0.2) is 60.4 Å². The van der Waals surface area contributed by atoms with Gasteiger partial charge in [-0.05, 0) is 24.6 Å². The van der Waals surface area contributed by atoms with Crippen LogP contribution in [0.5, 0.6) is 0 Å². The van der Waals surface area contributed by atoms with Crippen LogP contribution in [0.1, 0.15) is 5.56 Å². The fourth-order valence-electron chi connectivity index (χ4n) is 2.01. The van der Waals surface area contributed by atoms with Crippen molar-refractivity contribution in [1.82, 2.24) is 9.80 Å². The Morgan fingerprint density at radius 2 is 2.04 bits per heavy atom.